The Morgan fingerprint density at radius 1 is 1.25 bits per heavy atom. The zero-order valence-corrected chi connectivity index (χ0v) is 11.2. The highest BCUT2D eigenvalue weighted by Gasteiger charge is 2.14. The Labute approximate surface area is 116 Å². The summed E-state index contributed by atoms with van der Waals surface area (Å²) in [7, 11) is 0. The summed E-state index contributed by atoms with van der Waals surface area (Å²) in [6.45, 7) is 3.70. The maximum absolute atomic E-state index is 10.7. The third kappa shape index (κ3) is 2.97. The van der Waals surface area contributed by atoms with E-state index in [4.69, 9.17) is 10.5 Å². The lowest BCUT2D eigenvalue weighted by atomic mass is 10.0. The molecule has 1 heterocycles. The zero-order chi connectivity index (χ0) is 14.7. The van der Waals surface area contributed by atoms with Crippen LogP contribution in [0.3, 0.4) is 0 Å². The summed E-state index contributed by atoms with van der Waals surface area (Å²) in [5, 5.41) is 16.7. The van der Waals surface area contributed by atoms with Gasteiger partial charge in [0.2, 0.25) is 0 Å². The second kappa shape index (κ2) is 5.48. The van der Waals surface area contributed by atoms with Gasteiger partial charge in [-0.3, -0.25) is 5.41 Å². The average Bonchev–Trinajstić information content (AvgIpc) is 2.37. The van der Waals surface area contributed by atoms with E-state index < -0.39 is 6.09 Å². The molecule has 0 aliphatic heterocycles. The number of nitrogens with one attached hydrogen (secondary N) is 2. The molecule has 6 heteroatoms. The Hall–Kier alpha value is -2.76. The Bertz CT molecular complexity index is 683. The van der Waals surface area contributed by atoms with Gasteiger partial charge in [0.25, 0.3) is 0 Å². The molecule has 1 amide bonds. The first-order chi connectivity index (χ1) is 9.47. The predicted octanol–water partition coefficient (Wildman–Crippen LogP) is 1.52. The molecule has 0 saturated heterocycles. The smallest absolute Gasteiger partial charge is 0.547 e. The number of aryl methyl sites for hydroxylation is 2. The number of benzene rings is 1. The first kappa shape index (κ1) is 13.7. The van der Waals surface area contributed by atoms with E-state index in [2.05, 4.69) is 15.3 Å². The Kier molecular flexibility index (Phi) is 3.74. The first-order valence-electron chi connectivity index (χ1n) is 6.00. The van der Waals surface area contributed by atoms with Gasteiger partial charge in [0, 0.05) is 5.56 Å². The van der Waals surface area contributed by atoms with Crippen molar-refractivity contribution in [3.63, 3.8) is 0 Å². The topological polar surface area (TPSA) is 102 Å². The first-order valence-corrected chi connectivity index (χ1v) is 6.00. The standard InChI is InChI=1S/C14H14N4O2/c1-8-5-3-4-6-10(8)11-7-12(17-9(2)16-11)13(15)18-14(19)20/h3-7H,1-2H3,(H2,15,18)(H,19,20)/p+1. The normalized spacial score (nSPS) is 10.1. The molecule has 0 aliphatic rings. The number of aromatic nitrogens is 2. The van der Waals surface area contributed by atoms with E-state index in [0.717, 1.165) is 11.1 Å². The van der Waals surface area contributed by atoms with E-state index in [-0.39, 0.29) is 11.5 Å². The van der Waals surface area contributed by atoms with Gasteiger partial charge in [0.05, 0.1) is 10.5 Å². The van der Waals surface area contributed by atoms with Crippen LogP contribution in [-0.4, -0.2) is 27.0 Å². The van der Waals surface area contributed by atoms with Crippen molar-refractivity contribution in [2.24, 2.45) is 0 Å². The molecule has 2 rings (SSSR count). The van der Waals surface area contributed by atoms with Gasteiger partial charge >= 0.3 is 6.09 Å². The van der Waals surface area contributed by atoms with Crippen molar-refractivity contribution in [3.05, 3.63) is 47.4 Å². The Morgan fingerprint density at radius 3 is 2.60 bits per heavy atom. The lowest BCUT2D eigenvalue weighted by Gasteiger charge is -2.08. The highest BCUT2D eigenvalue weighted by molar-refractivity contribution is 6.03. The number of nitrogens with zero attached hydrogens (tertiary/aromatic N) is 2. The molecule has 6 nitrogen and oxygen atoms in total. The molecular weight excluding hydrogens is 256 g/mol. The van der Waals surface area contributed by atoms with Gasteiger partial charge in [0.1, 0.15) is 11.5 Å². The number of amidine groups is 1. The summed E-state index contributed by atoms with van der Waals surface area (Å²) in [5.74, 6) is 0.301. The molecule has 0 aliphatic carbocycles. The van der Waals surface area contributed by atoms with Crippen LogP contribution in [0.5, 0.6) is 0 Å². The summed E-state index contributed by atoms with van der Waals surface area (Å²) in [5.41, 5.74) is 2.99. The van der Waals surface area contributed by atoms with E-state index in [1.807, 2.05) is 31.2 Å². The van der Waals surface area contributed by atoms with Crippen LogP contribution in [0, 0.1) is 19.3 Å². The summed E-state index contributed by atoms with van der Waals surface area (Å²) < 4.78 is 0. The van der Waals surface area contributed by atoms with Crippen LogP contribution in [0.1, 0.15) is 17.1 Å². The van der Waals surface area contributed by atoms with Crippen molar-refractivity contribution in [1.82, 2.24) is 15.3 Å². The minimum absolute atomic E-state index is 0.203. The molecule has 4 N–H and O–H groups in total. The molecule has 102 valence electrons. The number of carbonyl (C=O) groups excluding carboxylic acids is 1. The van der Waals surface area contributed by atoms with Gasteiger partial charge in [-0.1, -0.05) is 24.3 Å². The Morgan fingerprint density at radius 2 is 1.95 bits per heavy atom. The van der Waals surface area contributed by atoms with Crippen molar-refractivity contribution < 1.29 is 9.90 Å². The van der Waals surface area contributed by atoms with Gasteiger partial charge < -0.3 is 5.11 Å². The predicted molar refractivity (Wildman–Crippen MR) is 75.9 cm³/mol. The van der Waals surface area contributed by atoms with Crippen LogP contribution in [0.4, 0.5) is 4.79 Å². The van der Waals surface area contributed by atoms with Crippen molar-refractivity contribution in [2.75, 3.05) is 0 Å². The molecule has 2 aromatic rings. The van der Waals surface area contributed by atoms with Gasteiger partial charge in [-0.2, -0.15) is 0 Å². The third-order valence-corrected chi connectivity index (χ3v) is 2.75. The minimum Gasteiger partial charge on any atom is -0.547 e. The summed E-state index contributed by atoms with van der Waals surface area (Å²) in [4.78, 5) is 19.2. The Balaban J connectivity index is 2.47. The molecule has 0 saturated carbocycles. The van der Waals surface area contributed by atoms with Crippen molar-refractivity contribution in [1.29, 1.82) is 5.41 Å². The van der Waals surface area contributed by atoms with Crippen molar-refractivity contribution in [3.8, 4) is 11.3 Å². The molecule has 20 heavy (non-hydrogen) atoms. The van der Waals surface area contributed by atoms with Crippen LogP contribution in [0.15, 0.2) is 30.3 Å². The summed E-state index contributed by atoms with van der Waals surface area (Å²) in [6.07, 6.45) is -1.04. The fourth-order valence-electron chi connectivity index (χ4n) is 1.87. The fraction of sp³-hybridized carbons (Fsp3) is 0.143. The highest BCUT2D eigenvalue weighted by atomic mass is 16.4. The van der Waals surface area contributed by atoms with Crippen LogP contribution < -0.4 is 5.32 Å². The molecular formula is C14H15N4O2+. The van der Waals surface area contributed by atoms with E-state index >= 15 is 0 Å². The summed E-state index contributed by atoms with van der Waals surface area (Å²) >= 11 is 0. The number of hydrogen-bond donors (Lipinski definition) is 2. The second-order valence-electron chi connectivity index (χ2n) is 4.33. The van der Waals surface area contributed by atoms with Crippen molar-refractivity contribution >= 4 is 11.9 Å². The minimum atomic E-state index is -1.04. The van der Waals surface area contributed by atoms with Crippen LogP contribution in [-0.2, 0) is 0 Å². The largest absolute Gasteiger partial charge is 0.632 e. The molecule has 1 aromatic carbocycles. The van der Waals surface area contributed by atoms with Gasteiger partial charge in [-0.15, -0.1) is 0 Å². The van der Waals surface area contributed by atoms with Gasteiger partial charge in [-0.05, 0) is 25.5 Å². The summed E-state index contributed by atoms with van der Waals surface area (Å²) in [6, 6.07) is 9.40. The molecule has 0 atom stereocenters. The maximum atomic E-state index is 10.7. The van der Waals surface area contributed by atoms with E-state index in [1.165, 1.54) is 0 Å². The fourth-order valence-corrected chi connectivity index (χ4v) is 1.87. The van der Waals surface area contributed by atoms with Crippen LogP contribution >= 0.6 is 0 Å². The molecule has 0 radical (unpaired) electrons. The van der Waals surface area contributed by atoms with Crippen LogP contribution in [0.2, 0.25) is 0 Å². The SMILES string of the molecule is Cc1nc(C(=N)NC(=O)[OH2+])cc(-c2ccccc2C)n1. The van der Waals surface area contributed by atoms with Crippen LogP contribution in [0.25, 0.3) is 11.3 Å². The van der Waals surface area contributed by atoms with E-state index in [9.17, 15) is 4.79 Å². The maximum Gasteiger partial charge on any atom is 0.632 e. The third-order valence-electron chi connectivity index (χ3n) is 2.75. The van der Waals surface area contributed by atoms with Gasteiger partial charge in [0.15, 0.2) is 5.84 Å². The number of rotatable bonds is 2. The highest BCUT2D eigenvalue weighted by Crippen LogP contribution is 2.21. The lowest BCUT2D eigenvalue weighted by Crippen LogP contribution is -2.29. The number of hydrogen-bond acceptors (Lipinski definition) is 4. The molecule has 0 fully saturated rings. The molecule has 1 aromatic heterocycles. The van der Waals surface area contributed by atoms with Crippen molar-refractivity contribution in [2.45, 2.75) is 13.8 Å². The van der Waals surface area contributed by atoms with E-state index in [1.54, 1.807) is 13.0 Å². The number of carbonyl (C=O) groups is 1. The second-order valence-corrected chi connectivity index (χ2v) is 4.33. The molecule has 0 unspecified atom stereocenters. The monoisotopic (exact) mass is 271 g/mol. The van der Waals surface area contributed by atoms with Gasteiger partial charge in [-0.25, -0.2) is 15.3 Å². The van der Waals surface area contributed by atoms with E-state index in [0.29, 0.717) is 11.5 Å². The average molecular weight is 271 g/mol. The molecule has 0 spiro atoms. The lowest BCUT2D eigenvalue weighted by molar-refractivity contribution is 0.200. The molecule has 0 bridgehead atoms. The zero-order valence-electron chi connectivity index (χ0n) is 11.2. The number of amides is 1. The quantitative estimate of drug-likeness (QED) is 0.491.